The third-order valence-corrected chi connectivity index (χ3v) is 4.82. The summed E-state index contributed by atoms with van der Waals surface area (Å²) in [5.41, 5.74) is 3.46. The highest BCUT2D eigenvalue weighted by Gasteiger charge is 2.23. The van der Waals surface area contributed by atoms with E-state index in [0.29, 0.717) is 43.0 Å². The predicted octanol–water partition coefficient (Wildman–Crippen LogP) is 1.33. The van der Waals surface area contributed by atoms with Gasteiger partial charge in [0.1, 0.15) is 0 Å². The number of aromatic nitrogens is 1. The molecule has 2 aromatic rings. The Morgan fingerprint density at radius 3 is 2.22 bits per heavy atom. The zero-order valence-electron chi connectivity index (χ0n) is 15.6. The summed E-state index contributed by atoms with van der Waals surface area (Å²) in [5, 5.41) is 14.1. The third kappa shape index (κ3) is 4.62. The van der Waals surface area contributed by atoms with E-state index in [0.717, 1.165) is 16.8 Å². The van der Waals surface area contributed by atoms with E-state index < -0.39 is 0 Å². The van der Waals surface area contributed by atoms with Crippen LogP contribution in [0.5, 0.6) is 0 Å². The lowest BCUT2D eigenvalue weighted by atomic mass is 10.1. The highest BCUT2D eigenvalue weighted by Crippen LogP contribution is 2.19. The molecule has 1 aromatic heterocycles. The number of pyridine rings is 1. The van der Waals surface area contributed by atoms with Crippen molar-refractivity contribution >= 4 is 17.5 Å². The molecule has 1 N–H and O–H groups in total. The standard InChI is InChI=1S/C20H24N4O3/c1-15-4-3-5-16(2)19(15)21-18(25)14-22-10-12-23(13-11-22)20(26)17-6-8-24(27)9-7-17/h3-9H,10-14H2,1-2H3,(H,21,25). The summed E-state index contributed by atoms with van der Waals surface area (Å²) in [5.74, 6) is -0.134. The second-order valence-corrected chi connectivity index (χ2v) is 6.83. The van der Waals surface area contributed by atoms with Crippen LogP contribution in [0.1, 0.15) is 21.5 Å². The van der Waals surface area contributed by atoms with Crippen molar-refractivity contribution in [1.29, 1.82) is 0 Å². The molecule has 1 saturated heterocycles. The zero-order valence-corrected chi connectivity index (χ0v) is 15.6. The number of anilines is 1. The number of piperazine rings is 1. The smallest absolute Gasteiger partial charge is 0.254 e. The molecular formula is C20H24N4O3. The zero-order chi connectivity index (χ0) is 19.4. The van der Waals surface area contributed by atoms with Crippen LogP contribution in [0, 0.1) is 19.1 Å². The van der Waals surface area contributed by atoms with Crippen LogP contribution in [0.4, 0.5) is 5.69 Å². The fourth-order valence-corrected chi connectivity index (χ4v) is 3.24. The number of para-hydroxylation sites is 1. The average Bonchev–Trinajstić information content (AvgIpc) is 2.65. The normalized spacial score (nSPS) is 14.8. The van der Waals surface area contributed by atoms with Crippen molar-refractivity contribution in [3.05, 3.63) is 64.6 Å². The van der Waals surface area contributed by atoms with E-state index in [2.05, 4.69) is 5.32 Å². The number of benzene rings is 1. The molecule has 0 bridgehead atoms. The Kier molecular flexibility index (Phi) is 5.71. The molecule has 0 spiro atoms. The van der Waals surface area contributed by atoms with E-state index in [1.807, 2.05) is 36.9 Å². The van der Waals surface area contributed by atoms with Gasteiger partial charge in [0.15, 0.2) is 12.4 Å². The van der Waals surface area contributed by atoms with Crippen LogP contribution >= 0.6 is 0 Å². The van der Waals surface area contributed by atoms with Crippen LogP contribution in [0.25, 0.3) is 0 Å². The third-order valence-electron chi connectivity index (χ3n) is 4.82. The number of nitrogens with zero attached hydrogens (tertiary/aromatic N) is 3. The number of hydrogen-bond acceptors (Lipinski definition) is 4. The van der Waals surface area contributed by atoms with Gasteiger partial charge in [0.2, 0.25) is 5.91 Å². The van der Waals surface area contributed by atoms with Gasteiger partial charge in [-0.15, -0.1) is 0 Å². The molecule has 0 aliphatic carbocycles. The van der Waals surface area contributed by atoms with Gasteiger partial charge in [-0.05, 0) is 25.0 Å². The Morgan fingerprint density at radius 1 is 1.04 bits per heavy atom. The van der Waals surface area contributed by atoms with Gasteiger partial charge < -0.3 is 15.4 Å². The number of nitrogens with one attached hydrogen (secondary N) is 1. The quantitative estimate of drug-likeness (QED) is 0.652. The minimum absolute atomic E-state index is 0.0461. The molecule has 27 heavy (non-hydrogen) atoms. The van der Waals surface area contributed by atoms with Gasteiger partial charge in [-0.25, -0.2) is 0 Å². The van der Waals surface area contributed by atoms with Crippen molar-refractivity contribution < 1.29 is 14.3 Å². The largest absolute Gasteiger partial charge is 0.619 e. The summed E-state index contributed by atoms with van der Waals surface area (Å²) in [6, 6.07) is 8.98. The molecule has 142 valence electrons. The molecule has 1 aromatic carbocycles. The Balaban J connectivity index is 1.51. The Bertz CT molecular complexity index is 807. The Morgan fingerprint density at radius 2 is 1.63 bits per heavy atom. The van der Waals surface area contributed by atoms with Gasteiger partial charge >= 0.3 is 0 Å². The summed E-state index contributed by atoms with van der Waals surface area (Å²) in [4.78, 5) is 28.7. The summed E-state index contributed by atoms with van der Waals surface area (Å²) in [6.07, 6.45) is 2.64. The topological polar surface area (TPSA) is 79.6 Å². The van der Waals surface area contributed by atoms with Gasteiger partial charge in [-0.3, -0.25) is 14.5 Å². The highest BCUT2D eigenvalue weighted by atomic mass is 16.5. The number of carbonyl (C=O) groups is 2. The molecule has 1 fully saturated rings. The van der Waals surface area contributed by atoms with E-state index in [4.69, 9.17) is 0 Å². The van der Waals surface area contributed by atoms with Crippen molar-refractivity contribution in [2.45, 2.75) is 13.8 Å². The van der Waals surface area contributed by atoms with E-state index >= 15 is 0 Å². The molecule has 0 radical (unpaired) electrons. The van der Waals surface area contributed by atoms with E-state index in [1.54, 1.807) is 4.90 Å². The first-order chi connectivity index (χ1) is 12.9. The Labute approximate surface area is 158 Å². The number of hydrogen-bond donors (Lipinski definition) is 1. The number of aryl methyl sites for hydroxylation is 2. The highest BCUT2D eigenvalue weighted by molar-refractivity contribution is 5.94. The van der Waals surface area contributed by atoms with Crippen molar-refractivity contribution in [3.8, 4) is 0 Å². The van der Waals surface area contributed by atoms with Crippen LogP contribution in [0.3, 0.4) is 0 Å². The molecule has 7 nitrogen and oxygen atoms in total. The molecule has 0 saturated carbocycles. The summed E-state index contributed by atoms with van der Waals surface area (Å²) < 4.78 is 0.656. The lowest BCUT2D eigenvalue weighted by Crippen LogP contribution is -2.50. The number of amides is 2. The van der Waals surface area contributed by atoms with Crippen LogP contribution in [-0.4, -0.2) is 54.3 Å². The van der Waals surface area contributed by atoms with Crippen LogP contribution in [0.2, 0.25) is 0 Å². The minimum Gasteiger partial charge on any atom is -0.619 e. The molecule has 2 heterocycles. The van der Waals surface area contributed by atoms with Gasteiger partial charge in [0.05, 0.1) is 12.1 Å². The molecule has 1 aliphatic heterocycles. The van der Waals surface area contributed by atoms with Gasteiger partial charge in [-0.2, -0.15) is 4.73 Å². The molecule has 0 unspecified atom stereocenters. The van der Waals surface area contributed by atoms with Crippen molar-refractivity contribution in [2.75, 3.05) is 38.0 Å². The first-order valence-corrected chi connectivity index (χ1v) is 9.00. The molecule has 0 atom stereocenters. The predicted molar refractivity (Wildman–Crippen MR) is 102 cm³/mol. The molecular weight excluding hydrogens is 344 g/mol. The molecule has 3 rings (SSSR count). The first kappa shape index (κ1) is 18.8. The van der Waals surface area contributed by atoms with Gasteiger partial charge in [0.25, 0.3) is 5.91 Å². The molecule has 2 amide bonds. The SMILES string of the molecule is Cc1cccc(C)c1NC(=O)CN1CCN(C(=O)c2cc[n+]([O-])cc2)CC1. The van der Waals surface area contributed by atoms with Crippen molar-refractivity contribution in [2.24, 2.45) is 0 Å². The van der Waals surface area contributed by atoms with Gasteiger partial charge in [-0.1, -0.05) is 18.2 Å². The maximum atomic E-state index is 12.5. The van der Waals surface area contributed by atoms with Crippen molar-refractivity contribution in [3.63, 3.8) is 0 Å². The van der Waals surface area contributed by atoms with E-state index in [9.17, 15) is 14.8 Å². The maximum Gasteiger partial charge on any atom is 0.254 e. The summed E-state index contributed by atoms with van der Waals surface area (Å²) >= 11 is 0. The van der Waals surface area contributed by atoms with Crippen molar-refractivity contribution in [1.82, 2.24) is 9.80 Å². The second-order valence-electron chi connectivity index (χ2n) is 6.83. The first-order valence-electron chi connectivity index (χ1n) is 9.00. The number of rotatable bonds is 4. The monoisotopic (exact) mass is 368 g/mol. The van der Waals surface area contributed by atoms with Gasteiger partial charge in [0, 0.05) is 44.0 Å². The fraction of sp³-hybridized carbons (Fsp3) is 0.350. The Hall–Kier alpha value is -2.93. The molecule has 1 aliphatic rings. The van der Waals surface area contributed by atoms with Crippen LogP contribution in [0.15, 0.2) is 42.7 Å². The van der Waals surface area contributed by atoms with E-state index in [-0.39, 0.29) is 11.8 Å². The maximum absolute atomic E-state index is 12.5. The van der Waals surface area contributed by atoms with E-state index in [1.165, 1.54) is 24.5 Å². The number of carbonyl (C=O) groups excluding carboxylic acids is 2. The fourth-order valence-electron chi connectivity index (χ4n) is 3.24. The summed E-state index contributed by atoms with van der Waals surface area (Å²) in [6.45, 7) is 6.65. The minimum atomic E-state index is -0.0877. The lowest BCUT2D eigenvalue weighted by molar-refractivity contribution is -0.605. The van der Waals surface area contributed by atoms with Crippen LogP contribution < -0.4 is 10.0 Å². The lowest BCUT2D eigenvalue weighted by Gasteiger charge is -2.34. The summed E-state index contributed by atoms with van der Waals surface area (Å²) in [7, 11) is 0. The second kappa shape index (κ2) is 8.18. The molecule has 7 heteroatoms. The van der Waals surface area contributed by atoms with Crippen LogP contribution in [-0.2, 0) is 4.79 Å². The average molecular weight is 368 g/mol.